The van der Waals surface area contributed by atoms with E-state index >= 15 is 0 Å². The van der Waals surface area contributed by atoms with Crippen LogP contribution in [0.4, 0.5) is 10.5 Å². The Balaban J connectivity index is 1.48. The summed E-state index contributed by atoms with van der Waals surface area (Å²) in [7, 11) is 1.35. The van der Waals surface area contributed by atoms with E-state index in [4.69, 9.17) is 14.2 Å². The van der Waals surface area contributed by atoms with Gasteiger partial charge in [0.05, 0.1) is 12.7 Å². The number of anilines is 1. The number of amides is 1. The molecule has 1 fully saturated rings. The van der Waals surface area contributed by atoms with E-state index in [0.717, 1.165) is 18.5 Å². The van der Waals surface area contributed by atoms with E-state index in [0.29, 0.717) is 36.2 Å². The van der Waals surface area contributed by atoms with Crippen LogP contribution in [0.15, 0.2) is 48.5 Å². The molecule has 3 rings (SSSR count). The first-order valence-electron chi connectivity index (χ1n) is 10.4. The van der Waals surface area contributed by atoms with E-state index < -0.39 is 5.60 Å². The Morgan fingerprint density at radius 1 is 0.935 bits per heavy atom. The van der Waals surface area contributed by atoms with Crippen molar-refractivity contribution in [3.63, 3.8) is 0 Å². The Morgan fingerprint density at radius 2 is 1.48 bits per heavy atom. The highest BCUT2D eigenvalue weighted by atomic mass is 16.6. The Bertz CT molecular complexity index is 880. The van der Waals surface area contributed by atoms with Crippen LogP contribution < -0.4 is 10.1 Å². The molecule has 2 aromatic rings. The monoisotopic (exact) mass is 426 g/mol. The third-order valence-corrected chi connectivity index (χ3v) is 4.88. The molecule has 166 valence electrons. The van der Waals surface area contributed by atoms with Gasteiger partial charge in [-0.1, -0.05) is 0 Å². The molecule has 31 heavy (non-hydrogen) atoms. The second-order valence-corrected chi connectivity index (χ2v) is 8.53. The van der Waals surface area contributed by atoms with E-state index in [9.17, 15) is 9.59 Å². The highest BCUT2D eigenvalue weighted by Crippen LogP contribution is 2.25. The Labute approximate surface area is 183 Å². The summed E-state index contributed by atoms with van der Waals surface area (Å²) in [5, 5.41) is 3.52. The van der Waals surface area contributed by atoms with Gasteiger partial charge in [-0.05, 0) is 82.1 Å². The van der Waals surface area contributed by atoms with Crippen LogP contribution in [0, 0.1) is 0 Å². The zero-order valence-electron chi connectivity index (χ0n) is 18.5. The Kier molecular flexibility index (Phi) is 7.05. The Hall–Kier alpha value is -3.22. The number of nitrogens with zero attached hydrogens (tertiary/aromatic N) is 1. The molecular weight excluding hydrogens is 396 g/mol. The number of carbonyl (C=O) groups is 2. The number of nitrogens with one attached hydrogen (secondary N) is 1. The molecule has 0 bridgehead atoms. The summed E-state index contributed by atoms with van der Waals surface area (Å²) in [5.74, 6) is 0.970. The molecule has 2 aromatic carbocycles. The lowest BCUT2D eigenvalue weighted by Crippen LogP contribution is -2.44. The maximum absolute atomic E-state index is 12.2. The lowest BCUT2D eigenvalue weighted by atomic mass is 10.0. The van der Waals surface area contributed by atoms with Gasteiger partial charge < -0.3 is 24.4 Å². The van der Waals surface area contributed by atoms with Crippen LogP contribution in [-0.2, 0) is 9.47 Å². The third-order valence-electron chi connectivity index (χ3n) is 4.88. The smallest absolute Gasteiger partial charge is 0.410 e. The number of ether oxygens (including phenoxy) is 3. The van der Waals surface area contributed by atoms with Crippen molar-refractivity contribution in [3.8, 4) is 11.5 Å². The first-order chi connectivity index (χ1) is 14.7. The second kappa shape index (κ2) is 9.73. The van der Waals surface area contributed by atoms with Gasteiger partial charge >= 0.3 is 12.1 Å². The SMILES string of the molecule is COC(=O)c1ccc(Oc2ccc(NC3CCN(C(=O)OC(C)(C)C)CC3)cc2)cc1. The topological polar surface area (TPSA) is 77.1 Å². The van der Waals surface area contributed by atoms with Gasteiger partial charge in [-0.2, -0.15) is 0 Å². The molecular formula is C24H30N2O5. The summed E-state index contributed by atoms with van der Waals surface area (Å²) in [6.45, 7) is 6.99. The molecule has 0 spiro atoms. The maximum atomic E-state index is 12.2. The van der Waals surface area contributed by atoms with Crippen LogP contribution in [0.1, 0.15) is 44.0 Å². The lowest BCUT2D eigenvalue weighted by molar-refractivity contribution is 0.0210. The molecule has 0 aliphatic carbocycles. The van der Waals surface area contributed by atoms with Gasteiger partial charge in [-0.15, -0.1) is 0 Å². The molecule has 7 heteroatoms. The molecule has 0 radical (unpaired) electrons. The largest absolute Gasteiger partial charge is 0.465 e. The zero-order valence-corrected chi connectivity index (χ0v) is 18.5. The molecule has 0 saturated carbocycles. The lowest BCUT2D eigenvalue weighted by Gasteiger charge is -2.34. The predicted molar refractivity (Wildman–Crippen MR) is 119 cm³/mol. The molecule has 1 saturated heterocycles. The fourth-order valence-electron chi connectivity index (χ4n) is 3.30. The van der Waals surface area contributed by atoms with Gasteiger partial charge in [0.15, 0.2) is 0 Å². The van der Waals surface area contributed by atoms with Crippen molar-refractivity contribution in [2.24, 2.45) is 0 Å². The van der Waals surface area contributed by atoms with E-state index in [2.05, 4.69) is 5.32 Å². The second-order valence-electron chi connectivity index (χ2n) is 8.53. The van der Waals surface area contributed by atoms with Crippen molar-refractivity contribution >= 4 is 17.7 Å². The summed E-state index contributed by atoms with van der Waals surface area (Å²) < 4.78 is 16.0. The van der Waals surface area contributed by atoms with Crippen LogP contribution in [-0.4, -0.2) is 48.8 Å². The van der Waals surface area contributed by atoms with Gasteiger partial charge in [0.25, 0.3) is 0 Å². The van der Waals surface area contributed by atoms with Crippen molar-refractivity contribution in [1.82, 2.24) is 4.90 Å². The van der Waals surface area contributed by atoms with Gasteiger partial charge in [0.2, 0.25) is 0 Å². The zero-order chi connectivity index (χ0) is 22.4. The van der Waals surface area contributed by atoms with Gasteiger partial charge in [0.1, 0.15) is 17.1 Å². The summed E-state index contributed by atoms with van der Waals surface area (Å²) in [6.07, 6.45) is 1.49. The van der Waals surface area contributed by atoms with Crippen LogP contribution in [0.5, 0.6) is 11.5 Å². The van der Waals surface area contributed by atoms with E-state index in [1.54, 1.807) is 29.2 Å². The number of rotatable bonds is 5. The highest BCUT2D eigenvalue weighted by Gasteiger charge is 2.26. The summed E-state index contributed by atoms with van der Waals surface area (Å²) in [6, 6.07) is 14.8. The fraction of sp³-hybridized carbons (Fsp3) is 0.417. The standard InChI is InChI=1S/C24H30N2O5/c1-24(2,3)31-23(28)26-15-13-19(14-16-26)25-18-7-11-21(12-8-18)30-20-9-5-17(6-10-20)22(27)29-4/h5-12,19,25H,13-16H2,1-4H3. The van der Waals surface area contributed by atoms with Crippen LogP contribution >= 0.6 is 0 Å². The number of benzene rings is 2. The minimum atomic E-state index is -0.473. The highest BCUT2D eigenvalue weighted by molar-refractivity contribution is 5.89. The van der Waals surface area contributed by atoms with Crippen molar-refractivity contribution < 1.29 is 23.8 Å². The molecule has 7 nitrogen and oxygen atoms in total. The Morgan fingerprint density at radius 3 is 2.00 bits per heavy atom. The van der Waals surface area contributed by atoms with Crippen LogP contribution in [0.25, 0.3) is 0 Å². The quantitative estimate of drug-likeness (QED) is 0.672. The van der Waals surface area contributed by atoms with Crippen LogP contribution in [0.3, 0.4) is 0 Å². The molecule has 0 atom stereocenters. The maximum Gasteiger partial charge on any atom is 0.410 e. The van der Waals surface area contributed by atoms with E-state index in [-0.39, 0.29) is 12.1 Å². The predicted octanol–water partition coefficient (Wildman–Crippen LogP) is 5.08. The van der Waals surface area contributed by atoms with Crippen molar-refractivity contribution in [1.29, 1.82) is 0 Å². The number of hydrogen-bond acceptors (Lipinski definition) is 6. The molecule has 1 heterocycles. The molecule has 1 aliphatic heterocycles. The number of likely N-dealkylation sites (tertiary alicyclic amines) is 1. The minimum Gasteiger partial charge on any atom is -0.465 e. The number of hydrogen-bond donors (Lipinski definition) is 1. The first-order valence-corrected chi connectivity index (χ1v) is 10.4. The van der Waals surface area contributed by atoms with Gasteiger partial charge in [-0.25, -0.2) is 9.59 Å². The molecule has 1 aliphatic rings. The summed E-state index contributed by atoms with van der Waals surface area (Å²) >= 11 is 0. The normalized spacial score (nSPS) is 14.6. The summed E-state index contributed by atoms with van der Waals surface area (Å²) in [4.78, 5) is 25.4. The average Bonchev–Trinajstić information content (AvgIpc) is 2.74. The third kappa shape index (κ3) is 6.64. The van der Waals surface area contributed by atoms with Gasteiger partial charge in [0, 0.05) is 24.8 Å². The molecule has 1 amide bonds. The van der Waals surface area contributed by atoms with Gasteiger partial charge in [-0.3, -0.25) is 0 Å². The fourth-order valence-corrected chi connectivity index (χ4v) is 3.30. The van der Waals surface area contributed by atoms with E-state index in [1.165, 1.54) is 7.11 Å². The molecule has 0 unspecified atom stereocenters. The molecule has 1 N–H and O–H groups in total. The van der Waals surface area contributed by atoms with Crippen molar-refractivity contribution in [3.05, 3.63) is 54.1 Å². The van der Waals surface area contributed by atoms with Crippen LogP contribution in [0.2, 0.25) is 0 Å². The average molecular weight is 427 g/mol. The molecule has 0 aromatic heterocycles. The number of piperidine rings is 1. The number of methoxy groups -OCH3 is 1. The van der Waals surface area contributed by atoms with Crippen molar-refractivity contribution in [2.75, 3.05) is 25.5 Å². The number of esters is 1. The van der Waals surface area contributed by atoms with Crippen molar-refractivity contribution in [2.45, 2.75) is 45.3 Å². The number of carbonyl (C=O) groups excluding carboxylic acids is 2. The summed E-state index contributed by atoms with van der Waals surface area (Å²) in [5.41, 5.74) is 1.01. The first kappa shape index (κ1) is 22.5. The van der Waals surface area contributed by atoms with E-state index in [1.807, 2.05) is 45.0 Å². The minimum absolute atomic E-state index is 0.243.